The van der Waals surface area contributed by atoms with Crippen molar-refractivity contribution in [2.75, 3.05) is 80.2 Å². The van der Waals surface area contributed by atoms with Gasteiger partial charge in [0.1, 0.15) is 6.67 Å². The highest BCUT2D eigenvalue weighted by molar-refractivity contribution is 5.49. The lowest BCUT2D eigenvalue weighted by molar-refractivity contribution is 0.0109. The zero-order valence-corrected chi connectivity index (χ0v) is 22.0. The zero-order chi connectivity index (χ0) is 25.0. The fourth-order valence-corrected chi connectivity index (χ4v) is 5.44. The SMILES string of the molecule is COc1cc2c(cc1OC)C1CC(NCCOCCOCCOCCF)C(CC(C)C)CN1CC2. The number of hydrogen-bond acceptors (Lipinski definition) is 7. The van der Waals surface area contributed by atoms with Crippen molar-refractivity contribution in [3.05, 3.63) is 23.3 Å². The zero-order valence-electron chi connectivity index (χ0n) is 22.0. The molecule has 1 N–H and O–H groups in total. The molecule has 0 amide bonds. The van der Waals surface area contributed by atoms with Crippen LogP contribution in [-0.4, -0.2) is 91.1 Å². The molecule has 1 aromatic carbocycles. The molecule has 35 heavy (non-hydrogen) atoms. The molecular weight excluding hydrogens is 451 g/mol. The second-order valence-corrected chi connectivity index (χ2v) is 9.88. The van der Waals surface area contributed by atoms with Crippen molar-refractivity contribution in [3.8, 4) is 11.5 Å². The first-order chi connectivity index (χ1) is 17.1. The molecule has 3 rings (SSSR count). The van der Waals surface area contributed by atoms with Crippen molar-refractivity contribution in [1.29, 1.82) is 0 Å². The van der Waals surface area contributed by atoms with E-state index in [0.717, 1.165) is 44.0 Å². The topological polar surface area (TPSA) is 61.4 Å². The van der Waals surface area contributed by atoms with Gasteiger partial charge in [-0.3, -0.25) is 4.90 Å². The van der Waals surface area contributed by atoms with E-state index in [2.05, 4.69) is 36.2 Å². The molecule has 0 saturated carbocycles. The lowest BCUT2D eigenvalue weighted by Gasteiger charge is -2.48. The molecule has 2 aliphatic heterocycles. The van der Waals surface area contributed by atoms with E-state index in [4.69, 9.17) is 23.7 Å². The van der Waals surface area contributed by atoms with Gasteiger partial charge in [0, 0.05) is 31.7 Å². The summed E-state index contributed by atoms with van der Waals surface area (Å²) in [7, 11) is 3.41. The third-order valence-corrected chi connectivity index (χ3v) is 7.02. The number of nitrogens with one attached hydrogen (secondary N) is 1. The number of benzene rings is 1. The Labute approximate surface area is 210 Å². The van der Waals surface area contributed by atoms with Crippen LogP contribution in [0.3, 0.4) is 0 Å². The van der Waals surface area contributed by atoms with Crippen molar-refractivity contribution >= 4 is 0 Å². The molecule has 0 aromatic heterocycles. The molecule has 2 aliphatic rings. The van der Waals surface area contributed by atoms with Gasteiger partial charge in [0.2, 0.25) is 0 Å². The molecule has 3 unspecified atom stereocenters. The Balaban J connectivity index is 1.51. The molecule has 1 fully saturated rings. The first-order valence-corrected chi connectivity index (χ1v) is 13.1. The van der Waals surface area contributed by atoms with Crippen LogP contribution in [0, 0.1) is 11.8 Å². The second kappa shape index (κ2) is 15.0. The Kier molecular flexibility index (Phi) is 12.0. The molecule has 0 aliphatic carbocycles. The van der Waals surface area contributed by atoms with Gasteiger partial charge < -0.3 is 29.0 Å². The van der Waals surface area contributed by atoms with Gasteiger partial charge in [-0.25, -0.2) is 4.39 Å². The summed E-state index contributed by atoms with van der Waals surface area (Å²) in [4.78, 5) is 2.67. The minimum atomic E-state index is -0.455. The number of halogens is 1. The van der Waals surface area contributed by atoms with Crippen LogP contribution in [0.25, 0.3) is 0 Å². The average molecular weight is 497 g/mol. The molecule has 2 heterocycles. The highest BCUT2D eigenvalue weighted by Crippen LogP contribution is 2.43. The maximum absolute atomic E-state index is 12.0. The smallest absolute Gasteiger partial charge is 0.161 e. The van der Waals surface area contributed by atoms with E-state index in [1.807, 2.05) is 0 Å². The molecule has 1 aromatic rings. The minimum absolute atomic E-state index is 0.135. The van der Waals surface area contributed by atoms with Gasteiger partial charge in [0.25, 0.3) is 0 Å². The number of nitrogens with zero attached hydrogens (tertiary/aromatic N) is 1. The summed E-state index contributed by atoms with van der Waals surface area (Å²) in [6.45, 7) is 9.97. The van der Waals surface area contributed by atoms with Crippen LogP contribution in [0.15, 0.2) is 12.1 Å². The first kappa shape index (κ1) is 28.1. The lowest BCUT2D eigenvalue weighted by Crippen LogP contribution is -2.53. The first-order valence-electron chi connectivity index (χ1n) is 13.1. The van der Waals surface area contributed by atoms with E-state index in [1.54, 1.807) is 14.2 Å². The maximum Gasteiger partial charge on any atom is 0.161 e. The number of hydrogen-bond donors (Lipinski definition) is 1. The number of ether oxygens (including phenoxy) is 5. The third-order valence-electron chi connectivity index (χ3n) is 7.02. The fraction of sp³-hybridized carbons (Fsp3) is 0.778. The number of rotatable bonds is 16. The normalized spacial score (nSPS) is 22.2. The van der Waals surface area contributed by atoms with E-state index < -0.39 is 6.67 Å². The van der Waals surface area contributed by atoms with Gasteiger partial charge in [-0.1, -0.05) is 13.8 Å². The summed E-state index contributed by atoms with van der Waals surface area (Å²) < 4.78 is 39.4. The van der Waals surface area contributed by atoms with Crippen LogP contribution in [0.1, 0.15) is 43.9 Å². The summed E-state index contributed by atoms with van der Waals surface area (Å²) in [6.07, 6.45) is 3.36. The van der Waals surface area contributed by atoms with Gasteiger partial charge in [0.05, 0.1) is 53.9 Å². The quantitative estimate of drug-likeness (QED) is 0.351. The van der Waals surface area contributed by atoms with Crippen molar-refractivity contribution in [2.24, 2.45) is 11.8 Å². The average Bonchev–Trinajstić information content (AvgIpc) is 2.86. The summed E-state index contributed by atoms with van der Waals surface area (Å²) in [5.41, 5.74) is 2.76. The monoisotopic (exact) mass is 496 g/mol. The Hall–Kier alpha value is -1.45. The Morgan fingerprint density at radius 2 is 1.63 bits per heavy atom. The summed E-state index contributed by atoms with van der Waals surface area (Å²) >= 11 is 0. The van der Waals surface area contributed by atoms with Gasteiger partial charge in [-0.05, 0) is 54.4 Å². The van der Waals surface area contributed by atoms with E-state index in [-0.39, 0.29) is 6.61 Å². The molecule has 3 atom stereocenters. The van der Waals surface area contributed by atoms with E-state index in [9.17, 15) is 4.39 Å². The predicted molar refractivity (Wildman–Crippen MR) is 135 cm³/mol. The molecule has 0 spiro atoms. The molecule has 7 nitrogen and oxygen atoms in total. The van der Waals surface area contributed by atoms with Crippen LogP contribution in [-0.2, 0) is 20.6 Å². The maximum atomic E-state index is 12.0. The Bertz CT molecular complexity index is 751. The molecule has 1 saturated heterocycles. The van der Waals surface area contributed by atoms with Gasteiger partial charge >= 0.3 is 0 Å². The largest absolute Gasteiger partial charge is 0.493 e. The van der Waals surface area contributed by atoms with Crippen molar-refractivity contribution in [1.82, 2.24) is 10.2 Å². The van der Waals surface area contributed by atoms with Crippen LogP contribution in [0.2, 0.25) is 0 Å². The van der Waals surface area contributed by atoms with Crippen LogP contribution >= 0.6 is 0 Å². The molecule has 0 radical (unpaired) electrons. The lowest BCUT2D eigenvalue weighted by atomic mass is 9.77. The Morgan fingerprint density at radius 3 is 2.29 bits per heavy atom. The van der Waals surface area contributed by atoms with Crippen molar-refractivity contribution in [3.63, 3.8) is 0 Å². The van der Waals surface area contributed by atoms with Gasteiger partial charge in [0.15, 0.2) is 11.5 Å². The van der Waals surface area contributed by atoms with Gasteiger partial charge in [-0.15, -0.1) is 0 Å². The van der Waals surface area contributed by atoms with Gasteiger partial charge in [-0.2, -0.15) is 0 Å². The second-order valence-electron chi connectivity index (χ2n) is 9.88. The van der Waals surface area contributed by atoms with E-state index in [0.29, 0.717) is 57.0 Å². The fourth-order valence-electron chi connectivity index (χ4n) is 5.44. The summed E-state index contributed by atoms with van der Waals surface area (Å²) in [5.74, 6) is 2.92. The number of methoxy groups -OCH3 is 2. The number of alkyl halides is 1. The van der Waals surface area contributed by atoms with Crippen LogP contribution in [0.4, 0.5) is 4.39 Å². The predicted octanol–water partition coefficient (Wildman–Crippen LogP) is 3.65. The number of fused-ring (bicyclic) bond motifs is 3. The highest BCUT2D eigenvalue weighted by Gasteiger charge is 2.39. The number of piperidine rings is 1. The van der Waals surface area contributed by atoms with Crippen molar-refractivity contribution in [2.45, 2.75) is 45.2 Å². The standard InChI is InChI=1S/C27H45FN2O5/c1-20(2)15-22-19-30-8-5-21-16-26(31-3)27(32-4)17-23(21)25(30)18-24(22)29-7-10-34-12-14-35-13-11-33-9-6-28/h16-17,20,22,24-25,29H,5-15,18-19H2,1-4H3. The summed E-state index contributed by atoms with van der Waals surface area (Å²) in [6, 6.07) is 5.20. The Morgan fingerprint density at radius 1 is 0.971 bits per heavy atom. The molecule has 0 bridgehead atoms. The minimum Gasteiger partial charge on any atom is -0.493 e. The molecular formula is C27H45FN2O5. The molecule has 200 valence electrons. The van der Waals surface area contributed by atoms with E-state index in [1.165, 1.54) is 17.5 Å². The third kappa shape index (κ3) is 8.29. The summed E-state index contributed by atoms with van der Waals surface area (Å²) in [5, 5.41) is 3.81. The molecule has 8 heteroatoms. The van der Waals surface area contributed by atoms with Crippen molar-refractivity contribution < 1.29 is 28.1 Å². The highest BCUT2D eigenvalue weighted by atomic mass is 19.1. The van der Waals surface area contributed by atoms with Crippen LogP contribution in [0.5, 0.6) is 11.5 Å². The van der Waals surface area contributed by atoms with Crippen LogP contribution < -0.4 is 14.8 Å². The van der Waals surface area contributed by atoms with E-state index >= 15 is 0 Å².